The molecule has 0 aliphatic carbocycles. The summed E-state index contributed by atoms with van der Waals surface area (Å²) < 4.78 is 0. The predicted octanol–water partition coefficient (Wildman–Crippen LogP) is 1.59. The van der Waals surface area contributed by atoms with E-state index < -0.39 is 0 Å². The van der Waals surface area contributed by atoms with Crippen LogP contribution in [0.1, 0.15) is 18.7 Å². The van der Waals surface area contributed by atoms with Gasteiger partial charge in [0.05, 0.1) is 0 Å². The van der Waals surface area contributed by atoms with Gasteiger partial charge in [0.1, 0.15) is 0 Å². The molecule has 1 heterocycles. The van der Waals surface area contributed by atoms with Crippen LogP contribution in [0, 0.1) is 5.92 Å². The normalized spacial score (nSPS) is 11.1. The number of halogens is 1. The Balaban J connectivity index is 0.00000361. The monoisotopic (exact) mass is 410 g/mol. The summed E-state index contributed by atoms with van der Waals surface area (Å²) in [6.45, 7) is 5.55. The first kappa shape index (κ1) is 19.2. The highest BCUT2D eigenvalue weighted by Gasteiger charge is 2.04. The number of hydrogen-bond acceptors (Lipinski definition) is 3. The largest absolute Gasteiger partial charge is 0.370 e. The van der Waals surface area contributed by atoms with Gasteiger partial charge in [-0.1, -0.05) is 19.9 Å². The van der Waals surface area contributed by atoms with Crippen LogP contribution in [-0.4, -0.2) is 31.5 Å². The Kier molecular flexibility index (Phi) is 10.4. The van der Waals surface area contributed by atoms with Crippen molar-refractivity contribution in [1.82, 2.24) is 10.6 Å². The number of rotatable bonds is 7. The van der Waals surface area contributed by atoms with Gasteiger partial charge in [-0.05, 0) is 11.4 Å². The van der Waals surface area contributed by atoms with Crippen LogP contribution in [0.3, 0.4) is 0 Å². The molecule has 0 aliphatic rings. The third kappa shape index (κ3) is 8.36. The van der Waals surface area contributed by atoms with E-state index in [-0.39, 0.29) is 35.8 Å². The third-order valence-electron chi connectivity index (χ3n) is 2.48. The Bertz CT molecular complexity index is 407. The maximum absolute atomic E-state index is 11.3. The highest BCUT2D eigenvalue weighted by atomic mass is 127. The minimum atomic E-state index is 0. The van der Waals surface area contributed by atoms with Gasteiger partial charge in [0.2, 0.25) is 5.91 Å². The smallest absolute Gasteiger partial charge is 0.222 e. The first-order valence-electron chi connectivity index (χ1n) is 6.43. The number of guanidine groups is 1. The SMILES string of the molecule is CC(C)C(=O)NCCNC(N)=NCCc1cccs1.I. The van der Waals surface area contributed by atoms with Gasteiger partial charge in [0.15, 0.2) is 5.96 Å². The van der Waals surface area contributed by atoms with Crippen molar-refractivity contribution in [3.63, 3.8) is 0 Å². The second-order valence-electron chi connectivity index (χ2n) is 4.47. The molecule has 7 heteroatoms. The quantitative estimate of drug-likeness (QED) is 0.277. The van der Waals surface area contributed by atoms with Crippen LogP contribution in [-0.2, 0) is 11.2 Å². The number of thiophene rings is 1. The van der Waals surface area contributed by atoms with E-state index in [2.05, 4.69) is 27.1 Å². The lowest BCUT2D eigenvalue weighted by molar-refractivity contribution is -0.123. The number of nitrogens with one attached hydrogen (secondary N) is 2. The van der Waals surface area contributed by atoms with E-state index in [1.165, 1.54) is 4.88 Å². The molecule has 5 nitrogen and oxygen atoms in total. The minimum Gasteiger partial charge on any atom is -0.370 e. The van der Waals surface area contributed by atoms with Crippen molar-refractivity contribution in [2.75, 3.05) is 19.6 Å². The molecular formula is C13H23IN4OS. The number of carbonyl (C=O) groups is 1. The van der Waals surface area contributed by atoms with Crippen molar-refractivity contribution in [3.05, 3.63) is 22.4 Å². The molecule has 1 rings (SSSR count). The van der Waals surface area contributed by atoms with Crippen molar-refractivity contribution in [2.24, 2.45) is 16.6 Å². The van der Waals surface area contributed by atoms with Crippen LogP contribution in [0.2, 0.25) is 0 Å². The zero-order valence-corrected chi connectivity index (χ0v) is 15.0. The van der Waals surface area contributed by atoms with Crippen molar-refractivity contribution in [2.45, 2.75) is 20.3 Å². The summed E-state index contributed by atoms with van der Waals surface area (Å²) in [6, 6.07) is 4.12. The van der Waals surface area contributed by atoms with Crippen molar-refractivity contribution < 1.29 is 4.79 Å². The van der Waals surface area contributed by atoms with Gasteiger partial charge in [-0.25, -0.2) is 0 Å². The fraction of sp³-hybridized carbons (Fsp3) is 0.538. The molecule has 0 radical (unpaired) electrons. The summed E-state index contributed by atoms with van der Waals surface area (Å²) in [4.78, 5) is 16.8. The van der Waals surface area contributed by atoms with E-state index in [4.69, 9.17) is 5.73 Å². The van der Waals surface area contributed by atoms with Crippen LogP contribution < -0.4 is 16.4 Å². The molecule has 1 aromatic heterocycles. The Morgan fingerprint density at radius 3 is 2.70 bits per heavy atom. The first-order chi connectivity index (χ1) is 9.09. The second-order valence-corrected chi connectivity index (χ2v) is 5.50. The van der Waals surface area contributed by atoms with Gasteiger partial charge in [-0.2, -0.15) is 0 Å². The highest BCUT2D eigenvalue weighted by molar-refractivity contribution is 14.0. The van der Waals surface area contributed by atoms with Crippen molar-refractivity contribution in [1.29, 1.82) is 0 Å². The van der Waals surface area contributed by atoms with Gasteiger partial charge < -0.3 is 16.4 Å². The predicted molar refractivity (Wildman–Crippen MR) is 95.8 cm³/mol. The van der Waals surface area contributed by atoms with E-state index in [1.54, 1.807) is 11.3 Å². The van der Waals surface area contributed by atoms with E-state index in [0.717, 1.165) is 6.42 Å². The average molecular weight is 410 g/mol. The Hall–Kier alpha value is -0.830. The lowest BCUT2D eigenvalue weighted by Crippen LogP contribution is -2.39. The molecule has 0 fully saturated rings. The van der Waals surface area contributed by atoms with Crippen molar-refractivity contribution >= 4 is 47.2 Å². The van der Waals surface area contributed by atoms with Crippen LogP contribution >= 0.6 is 35.3 Å². The van der Waals surface area contributed by atoms with Crippen LogP contribution in [0.4, 0.5) is 0 Å². The van der Waals surface area contributed by atoms with Gasteiger partial charge in [0.25, 0.3) is 0 Å². The molecule has 0 unspecified atom stereocenters. The second kappa shape index (κ2) is 10.9. The molecule has 0 atom stereocenters. The summed E-state index contributed by atoms with van der Waals surface area (Å²) >= 11 is 1.72. The lowest BCUT2D eigenvalue weighted by atomic mass is 10.2. The van der Waals surface area contributed by atoms with E-state index in [9.17, 15) is 4.79 Å². The molecule has 20 heavy (non-hydrogen) atoms. The summed E-state index contributed by atoms with van der Waals surface area (Å²) in [5.74, 6) is 0.488. The standard InChI is InChI=1S/C13H22N4OS.HI/c1-10(2)12(18)15-7-8-17-13(14)16-6-5-11-4-3-9-19-11;/h3-4,9-10H,5-8H2,1-2H3,(H,15,18)(H3,14,16,17);1H. The molecule has 0 aliphatic heterocycles. The molecule has 0 aromatic carbocycles. The molecule has 0 saturated heterocycles. The number of amides is 1. The van der Waals surface area contributed by atoms with Gasteiger partial charge in [0, 0.05) is 36.9 Å². The van der Waals surface area contributed by atoms with E-state index in [1.807, 2.05) is 19.9 Å². The average Bonchev–Trinajstić information content (AvgIpc) is 2.87. The topological polar surface area (TPSA) is 79.5 Å². The third-order valence-corrected chi connectivity index (χ3v) is 3.41. The van der Waals surface area contributed by atoms with Gasteiger partial charge in [-0.3, -0.25) is 9.79 Å². The number of nitrogens with two attached hydrogens (primary N) is 1. The number of nitrogens with zero attached hydrogens (tertiary/aromatic N) is 1. The number of hydrogen-bond donors (Lipinski definition) is 3. The molecule has 1 amide bonds. The summed E-state index contributed by atoms with van der Waals surface area (Å²) in [6.07, 6.45) is 0.907. The van der Waals surface area contributed by atoms with Crippen molar-refractivity contribution in [3.8, 4) is 0 Å². The summed E-state index contributed by atoms with van der Waals surface area (Å²) in [5.41, 5.74) is 5.72. The molecule has 0 bridgehead atoms. The molecule has 1 aromatic rings. The Morgan fingerprint density at radius 2 is 2.10 bits per heavy atom. The fourth-order valence-corrected chi connectivity index (χ4v) is 2.08. The number of carbonyl (C=O) groups excluding carboxylic acids is 1. The molecule has 0 saturated carbocycles. The maximum Gasteiger partial charge on any atom is 0.222 e. The maximum atomic E-state index is 11.3. The molecule has 4 N–H and O–H groups in total. The van der Waals surface area contributed by atoms with Crippen LogP contribution in [0.5, 0.6) is 0 Å². The molecular weight excluding hydrogens is 387 g/mol. The molecule has 114 valence electrons. The summed E-state index contributed by atoms with van der Waals surface area (Å²) in [7, 11) is 0. The Morgan fingerprint density at radius 1 is 1.40 bits per heavy atom. The van der Waals surface area contributed by atoms with Crippen LogP contribution in [0.15, 0.2) is 22.5 Å². The zero-order valence-electron chi connectivity index (χ0n) is 11.9. The first-order valence-corrected chi connectivity index (χ1v) is 7.31. The van der Waals surface area contributed by atoms with Gasteiger partial charge in [-0.15, -0.1) is 35.3 Å². The van der Waals surface area contributed by atoms with Gasteiger partial charge >= 0.3 is 0 Å². The van der Waals surface area contributed by atoms with E-state index >= 15 is 0 Å². The van der Waals surface area contributed by atoms with E-state index in [0.29, 0.717) is 25.6 Å². The van der Waals surface area contributed by atoms with Crippen LogP contribution in [0.25, 0.3) is 0 Å². The number of aliphatic imine (C=N–C) groups is 1. The molecule has 0 spiro atoms. The lowest BCUT2D eigenvalue weighted by Gasteiger charge is -2.08. The fourth-order valence-electron chi connectivity index (χ4n) is 1.38. The zero-order chi connectivity index (χ0) is 14.1. The Labute approximate surface area is 141 Å². The minimum absolute atomic E-state index is 0. The highest BCUT2D eigenvalue weighted by Crippen LogP contribution is 2.08. The summed E-state index contributed by atoms with van der Waals surface area (Å²) in [5, 5.41) is 7.83.